The van der Waals surface area contributed by atoms with Crippen molar-refractivity contribution in [2.45, 2.75) is 45.3 Å². The van der Waals surface area contributed by atoms with Gasteiger partial charge in [0.25, 0.3) is 0 Å². The number of carbonyl (C=O) groups excluding carboxylic acids is 2. The molecule has 0 bridgehead atoms. The average molecular weight is 225 g/mol. The van der Waals surface area contributed by atoms with Crippen molar-refractivity contribution in [1.29, 1.82) is 0 Å². The van der Waals surface area contributed by atoms with Crippen LogP contribution in [-0.2, 0) is 9.53 Å². The molecular weight excluding hydrogens is 206 g/mol. The third kappa shape index (κ3) is 4.04. The highest BCUT2D eigenvalue weighted by Gasteiger charge is 2.25. The number of aldehydes is 1. The van der Waals surface area contributed by atoms with E-state index in [1.807, 2.05) is 12.2 Å². The van der Waals surface area contributed by atoms with Gasteiger partial charge in [-0.05, 0) is 33.6 Å². The number of allylic oxidation sites excluding steroid dienone is 1. The molecule has 16 heavy (non-hydrogen) atoms. The van der Waals surface area contributed by atoms with Crippen LogP contribution in [-0.4, -0.2) is 24.0 Å². The molecule has 0 radical (unpaired) electrons. The van der Waals surface area contributed by atoms with E-state index in [4.69, 9.17) is 4.74 Å². The smallest absolute Gasteiger partial charge is 0.408 e. The van der Waals surface area contributed by atoms with E-state index in [0.29, 0.717) is 0 Å². The van der Waals surface area contributed by atoms with E-state index < -0.39 is 11.7 Å². The highest BCUT2D eigenvalue weighted by molar-refractivity contribution is 5.70. The van der Waals surface area contributed by atoms with Crippen molar-refractivity contribution in [2.75, 3.05) is 0 Å². The lowest BCUT2D eigenvalue weighted by Crippen LogP contribution is -2.43. The van der Waals surface area contributed by atoms with Gasteiger partial charge in [0.15, 0.2) is 0 Å². The van der Waals surface area contributed by atoms with E-state index in [1.54, 1.807) is 20.8 Å². The van der Waals surface area contributed by atoms with E-state index in [9.17, 15) is 9.59 Å². The van der Waals surface area contributed by atoms with Crippen LogP contribution in [0.5, 0.6) is 0 Å². The van der Waals surface area contributed by atoms with Gasteiger partial charge in [0.1, 0.15) is 11.9 Å². The number of nitrogens with one attached hydrogen (secondary N) is 1. The van der Waals surface area contributed by atoms with Crippen molar-refractivity contribution in [3.05, 3.63) is 12.2 Å². The molecule has 1 amide bonds. The van der Waals surface area contributed by atoms with Gasteiger partial charge < -0.3 is 14.8 Å². The molecular formula is C12H19NO3. The second-order valence-electron chi connectivity index (χ2n) is 4.98. The number of ether oxygens (including phenoxy) is 1. The summed E-state index contributed by atoms with van der Waals surface area (Å²) in [6.45, 7) is 5.42. The first-order valence-corrected chi connectivity index (χ1v) is 5.54. The van der Waals surface area contributed by atoms with Gasteiger partial charge >= 0.3 is 6.09 Å². The fraction of sp³-hybridized carbons (Fsp3) is 0.667. The van der Waals surface area contributed by atoms with Gasteiger partial charge in [0.05, 0.1) is 6.04 Å². The molecule has 1 rings (SSSR count). The van der Waals surface area contributed by atoms with E-state index in [-0.39, 0.29) is 12.0 Å². The van der Waals surface area contributed by atoms with Crippen molar-refractivity contribution in [3.63, 3.8) is 0 Å². The molecule has 0 heterocycles. The summed E-state index contributed by atoms with van der Waals surface area (Å²) < 4.78 is 5.13. The van der Waals surface area contributed by atoms with Crippen LogP contribution in [0, 0.1) is 5.92 Å². The molecule has 0 aromatic heterocycles. The molecule has 0 fully saturated rings. The van der Waals surface area contributed by atoms with Crippen molar-refractivity contribution in [2.24, 2.45) is 5.92 Å². The molecule has 1 aliphatic carbocycles. The van der Waals surface area contributed by atoms with Crippen LogP contribution >= 0.6 is 0 Å². The van der Waals surface area contributed by atoms with E-state index in [0.717, 1.165) is 19.1 Å². The summed E-state index contributed by atoms with van der Waals surface area (Å²) in [6.07, 6.45) is 5.91. The minimum Gasteiger partial charge on any atom is -0.444 e. The van der Waals surface area contributed by atoms with E-state index >= 15 is 0 Å². The normalized spacial score (nSPS) is 24.9. The minimum atomic E-state index is -0.515. The molecule has 2 atom stereocenters. The van der Waals surface area contributed by atoms with Gasteiger partial charge in [-0.15, -0.1) is 0 Å². The van der Waals surface area contributed by atoms with Crippen molar-refractivity contribution < 1.29 is 14.3 Å². The molecule has 0 unspecified atom stereocenters. The summed E-state index contributed by atoms with van der Waals surface area (Å²) in [5, 5.41) is 2.70. The Balaban J connectivity index is 2.52. The fourth-order valence-electron chi connectivity index (χ4n) is 1.61. The van der Waals surface area contributed by atoms with E-state index in [2.05, 4.69) is 5.32 Å². The first-order valence-electron chi connectivity index (χ1n) is 5.54. The van der Waals surface area contributed by atoms with Crippen LogP contribution in [0.3, 0.4) is 0 Å². The van der Waals surface area contributed by atoms with E-state index in [1.165, 1.54) is 0 Å². The zero-order chi connectivity index (χ0) is 12.2. The molecule has 0 aromatic rings. The number of carbonyl (C=O) groups is 2. The second kappa shape index (κ2) is 5.14. The number of hydrogen-bond acceptors (Lipinski definition) is 3. The third-order valence-corrected chi connectivity index (χ3v) is 2.33. The Morgan fingerprint density at radius 1 is 1.50 bits per heavy atom. The summed E-state index contributed by atoms with van der Waals surface area (Å²) in [4.78, 5) is 22.3. The Morgan fingerprint density at radius 3 is 2.75 bits per heavy atom. The van der Waals surface area contributed by atoms with Gasteiger partial charge in [-0.25, -0.2) is 4.79 Å². The SMILES string of the molecule is CC(C)(C)OC(=O)N[C@H]1C=CCC[C@H]1C=O. The third-order valence-electron chi connectivity index (χ3n) is 2.33. The Kier molecular flexibility index (Phi) is 4.10. The summed E-state index contributed by atoms with van der Waals surface area (Å²) in [7, 11) is 0. The largest absolute Gasteiger partial charge is 0.444 e. The van der Waals surface area contributed by atoms with Crippen LogP contribution in [0.1, 0.15) is 33.6 Å². The Hall–Kier alpha value is -1.32. The van der Waals surface area contributed by atoms with Crippen LogP contribution in [0.4, 0.5) is 4.79 Å². The van der Waals surface area contributed by atoms with Crippen LogP contribution in [0.15, 0.2) is 12.2 Å². The average Bonchev–Trinajstić information content (AvgIpc) is 2.15. The molecule has 0 spiro atoms. The Bertz CT molecular complexity index is 291. The van der Waals surface area contributed by atoms with Gasteiger partial charge in [-0.1, -0.05) is 12.2 Å². The Morgan fingerprint density at radius 2 is 2.19 bits per heavy atom. The molecule has 4 heteroatoms. The highest BCUT2D eigenvalue weighted by atomic mass is 16.6. The van der Waals surface area contributed by atoms with Gasteiger partial charge in [0.2, 0.25) is 0 Å². The molecule has 0 aliphatic heterocycles. The number of rotatable bonds is 2. The van der Waals surface area contributed by atoms with Crippen LogP contribution in [0.25, 0.3) is 0 Å². The molecule has 1 aliphatic rings. The lowest BCUT2D eigenvalue weighted by Gasteiger charge is -2.26. The maximum Gasteiger partial charge on any atom is 0.408 e. The monoisotopic (exact) mass is 225 g/mol. The molecule has 1 N–H and O–H groups in total. The van der Waals surface area contributed by atoms with Crippen LogP contribution < -0.4 is 5.32 Å². The maximum atomic E-state index is 11.5. The first kappa shape index (κ1) is 12.7. The lowest BCUT2D eigenvalue weighted by molar-refractivity contribution is -0.111. The predicted molar refractivity (Wildman–Crippen MR) is 61.1 cm³/mol. The fourth-order valence-corrected chi connectivity index (χ4v) is 1.61. The highest BCUT2D eigenvalue weighted by Crippen LogP contribution is 2.17. The summed E-state index contributed by atoms with van der Waals surface area (Å²) in [5.74, 6) is -0.141. The number of amides is 1. The molecule has 90 valence electrons. The van der Waals surface area contributed by atoms with Gasteiger partial charge in [0, 0.05) is 5.92 Å². The standard InChI is InChI=1S/C12H19NO3/c1-12(2,3)16-11(15)13-10-7-5-4-6-9(10)8-14/h5,7-10H,4,6H2,1-3H3,(H,13,15)/t9-,10-/m0/s1. The summed E-state index contributed by atoms with van der Waals surface area (Å²) in [5.41, 5.74) is -0.515. The maximum absolute atomic E-state index is 11.5. The molecule has 0 aromatic carbocycles. The van der Waals surface area contributed by atoms with Gasteiger partial charge in [-0.3, -0.25) is 0 Å². The molecule has 4 nitrogen and oxygen atoms in total. The zero-order valence-electron chi connectivity index (χ0n) is 10.0. The minimum absolute atomic E-state index is 0.141. The topological polar surface area (TPSA) is 55.4 Å². The predicted octanol–water partition coefficient (Wildman–Crippen LogP) is 2.04. The Labute approximate surface area is 96.0 Å². The lowest BCUT2D eigenvalue weighted by atomic mass is 9.91. The number of alkyl carbamates (subject to hydrolysis) is 1. The first-order chi connectivity index (χ1) is 7.42. The second-order valence-corrected chi connectivity index (χ2v) is 4.98. The molecule has 0 saturated carbocycles. The number of hydrogen-bond donors (Lipinski definition) is 1. The van der Waals surface area contributed by atoms with Crippen LogP contribution in [0.2, 0.25) is 0 Å². The van der Waals surface area contributed by atoms with Crippen molar-refractivity contribution in [3.8, 4) is 0 Å². The summed E-state index contributed by atoms with van der Waals surface area (Å²) >= 11 is 0. The zero-order valence-corrected chi connectivity index (χ0v) is 10.0. The van der Waals surface area contributed by atoms with Gasteiger partial charge in [-0.2, -0.15) is 0 Å². The summed E-state index contributed by atoms with van der Waals surface area (Å²) in [6, 6.07) is -0.235. The molecule has 0 saturated heterocycles. The van der Waals surface area contributed by atoms with Crippen molar-refractivity contribution in [1.82, 2.24) is 5.32 Å². The van der Waals surface area contributed by atoms with Crippen molar-refractivity contribution >= 4 is 12.4 Å². The quantitative estimate of drug-likeness (QED) is 0.578.